The van der Waals surface area contributed by atoms with Crippen molar-refractivity contribution in [2.24, 2.45) is 0 Å². The van der Waals surface area contributed by atoms with Gasteiger partial charge >= 0.3 is 5.97 Å². The lowest BCUT2D eigenvalue weighted by Crippen LogP contribution is -2.08. The quantitative estimate of drug-likeness (QED) is 0.251. The summed E-state index contributed by atoms with van der Waals surface area (Å²) < 4.78 is 12.8. The van der Waals surface area contributed by atoms with Gasteiger partial charge in [0.2, 0.25) is 5.88 Å². The Morgan fingerprint density at radius 3 is 2.73 bits per heavy atom. The van der Waals surface area contributed by atoms with Crippen molar-refractivity contribution in [1.29, 1.82) is 0 Å². The van der Waals surface area contributed by atoms with Crippen LogP contribution in [0.1, 0.15) is 23.0 Å². The number of ether oxygens (including phenoxy) is 2. The lowest BCUT2D eigenvalue weighted by molar-refractivity contribution is 0.0525. The summed E-state index contributed by atoms with van der Waals surface area (Å²) >= 11 is 1.40. The molecule has 0 fully saturated rings. The zero-order valence-electron chi connectivity index (χ0n) is 16.8. The monoisotopic (exact) mass is 420 g/mol. The maximum atomic E-state index is 12.1. The summed E-state index contributed by atoms with van der Waals surface area (Å²) in [7, 11) is 0. The minimum Gasteiger partial charge on any atom is -0.462 e. The van der Waals surface area contributed by atoms with Crippen LogP contribution < -0.4 is 4.74 Å². The lowest BCUT2D eigenvalue weighted by Gasteiger charge is -2.11. The molecule has 4 aromatic rings. The second-order valence-corrected chi connectivity index (χ2v) is 7.18. The van der Waals surface area contributed by atoms with Crippen LogP contribution in [0, 0.1) is 6.92 Å². The molecule has 0 amide bonds. The molecular weight excluding hydrogens is 400 g/mol. The van der Waals surface area contributed by atoms with Gasteiger partial charge in [-0.3, -0.25) is 0 Å². The molecular formula is C22H20N4O3S. The average molecular weight is 420 g/mol. The number of hydrogen-bond acceptors (Lipinski definition) is 7. The van der Waals surface area contributed by atoms with Crippen LogP contribution in [-0.2, 0) is 4.74 Å². The molecule has 30 heavy (non-hydrogen) atoms. The van der Waals surface area contributed by atoms with Gasteiger partial charge in [-0.05, 0) is 31.6 Å². The number of thioether (sulfide) groups is 1. The molecule has 0 atom stereocenters. The zero-order valence-corrected chi connectivity index (χ0v) is 17.6. The molecule has 0 aliphatic heterocycles. The molecule has 0 saturated heterocycles. The largest absolute Gasteiger partial charge is 0.462 e. The Hall–Kier alpha value is -3.39. The van der Waals surface area contributed by atoms with Gasteiger partial charge in [0.25, 0.3) is 0 Å². The van der Waals surface area contributed by atoms with Gasteiger partial charge in [0.05, 0.1) is 18.5 Å². The van der Waals surface area contributed by atoms with Gasteiger partial charge < -0.3 is 9.47 Å². The Morgan fingerprint density at radius 2 is 1.93 bits per heavy atom. The highest BCUT2D eigenvalue weighted by Gasteiger charge is 2.18. The van der Waals surface area contributed by atoms with E-state index in [1.54, 1.807) is 24.6 Å². The summed E-state index contributed by atoms with van der Waals surface area (Å²) in [6.07, 6.45) is 3.38. The molecule has 0 spiro atoms. The van der Waals surface area contributed by atoms with Crippen LogP contribution in [0.25, 0.3) is 16.6 Å². The first kappa shape index (κ1) is 19.9. The molecule has 152 valence electrons. The minimum absolute atomic E-state index is 0.302. The van der Waals surface area contributed by atoms with Crippen molar-refractivity contribution in [3.63, 3.8) is 0 Å². The summed E-state index contributed by atoms with van der Waals surface area (Å²) in [6.45, 7) is 3.87. The van der Waals surface area contributed by atoms with Crippen LogP contribution in [-0.4, -0.2) is 38.6 Å². The molecule has 0 N–H and O–H groups in total. The maximum Gasteiger partial charge on any atom is 0.341 e. The van der Waals surface area contributed by atoms with E-state index in [0.29, 0.717) is 40.5 Å². The average Bonchev–Trinajstić information content (AvgIpc) is 3.15. The third-order valence-electron chi connectivity index (χ3n) is 4.54. The number of nitrogens with zero attached hydrogens (tertiary/aromatic N) is 4. The van der Waals surface area contributed by atoms with Gasteiger partial charge in [-0.1, -0.05) is 48.2 Å². The van der Waals surface area contributed by atoms with Gasteiger partial charge in [0.1, 0.15) is 11.3 Å². The third kappa shape index (κ3) is 3.86. The molecule has 2 heterocycles. The van der Waals surface area contributed by atoms with Crippen LogP contribution in [0.2, 0.25) is 0 Å². The van der Waals surface area contributed by atoms with E-state index >= 15 is 0 Å². The van der Waals surface area contributed by atoms with Crippen molar-refractivity contribution in [1.82, 2.24) is 19.7 Å². The number of fused-ring (bicyclic) bond motifs is 1. The fraction of sp³-hybridized carbons (Fsp3) is 0.182. The molecule has 7 nitrogen and oxygen atoms in total. The first-order valence-corrected chi connectivity index (χ1v) is 10.6. The third-order valence-corrected chi connectivity index (χ3v) is 5.09. The molecule has 2 aromatic heterocycles. The Labute approximate surface area is 178 Å². The number of carbonyl (C=O) groups is 1. The standard InChI is InChI=1S/C22H20N4O3S/c1-4-28-21(27)17-13-23-26(14(17)2)19-12-20(25-22(24-19)30-3)29-18-11-7-9-15-8-5-6-10-16(15)18/h5-13H,4H2,1-3H3. The van der Waals surface area contributed by atoms with Gasteiger partial charge in [0, 0.05) is 11.5 Å². The summed E-state index contributed by atoms with van der Waals surface area (Å²) in [6, 6.07) is 15.6. The fourth-order valence-electron chi connectivity index (χ4n) is 3.09. The first-order valence-electron chi connectivity index (χ1n) is 9.41. The van der Waals surface area contributed by atoms with Gasteiger partial charge in [0.15, 0.2) is 11.0 Å². The highest BCUT2D eigenvalue weighted by Crippen LogP contribution is 2.30. The molecule has 0 unspecified atom stereocenters. The number of benzene rings is 2. The van der Waals surface area contributed by atoms with Crippen molar-refractivity contribution < 1.29 is 14.3 Å². The van der Waals surface area contributed by atoms with Crippen molar-refractivity contribution >= 4 is 28.5 Å². The zero-order chi connectivity index (χ0) is 21.1. The number of esters is 1. The van der Waals surface area contributed by atoms with Gasteiger partial charge in [-0.25, -0.2) is 14.5 Å². The first-order chi connectivity index (χ1) is 14.6. The maximum absolute atomic E-state index is 12.1. The topological polar surface area (TPSA) is 79.1 Å². The van der Waals surface area contributed by atoms with Crippen molar-refractivity contribution in [2.75, 3.05) is 12.9 Å². The fourth-order valence-corrected chi connectivity index (χ4v) is 3.46. The SMILES string of the molecule is CCOC(=O)c1cnn(-c2cc(Oc3cccc4ccccc34)nc(SC)n2)c1C. The highest BCUT2D eigenvalue weighted by molar-refractivity contribution is 7.98. The van der Waals surface area contributed by atoms with Crippen LogP contribution in [0.3, 0.4) is 0 Å². The molecule has 0 aliphatic rings. The minimum atomic E-state index is -0.410. The smallest absolute Gasteiger partial charge is 0.341 e. The van der Waals surface area contributed by atoms with Gasteiger partial charge in [-0.2, -0.15) is 10.1 Å². The molecule has 0 aliphatic carbocycles. The predicted octanol–water partition coefficient (Wildman–Crippen LogP) is 4.81. The van der Waals surface area contributed by atoms with E-state index < -0.39 is 5.97 Å². The van der Waals surface area contributed by atoms with Crippen LogP contribution in [0.15, 0.2) is 59.9 Å². The molecule has 0 radical (unpaired) electrons. The summed E-state index contributed by atoms with van der Waals surface area (Å²) in [4.78, 5) is 21.1. The van der Waals surface area contributed by atoms with Crippen molar-refractivity contribution in [2.45, 2.75) is 19.0 Å². The molecule has 0 saturated carbocycles. The summed E-state index contributed by atoms with van der Waals surface area (Å²) in [5.41, 5.74) is 1.04. The molecule has 8 heteroatoms. The van der Waals surface area contributed by atoms with E-state index in [1.165, 1.54) is 18.0 Å². The van der Waals surface area contributed by atoms with E-state index in [4.69, 9.17) is 9.47 Å². The molecule has 2 aromatic carbocycles. The highest BCUT2D eigenvalue weighted by atomic mass is 32.2. The second-order valence-electron chi connectivity index (χ2n) is 6.41. The van der Waals surface area contributed by atoms with Crippen molar-refractivity contribution in [3.8, 4) is 17.4 Å². The number of rotatable bonds is 6. The van der Waals surface area contributed by atoms with Gasteiger partial charge in [-0.15, -0.1) is 0 Å². The Kier molecular flexibility index (Phi) is 5.67. The predicted molar refractivity (Wildman–Crippen MR) is 116 cm³/mol. The number of carbonyl (C=O) groups excluding carboxylic acids is 1. The molecule has 0 bridgehead atoms. The second kappa shape index (κ2) is 8.54. The lowest BCUT2D eigenvalue weighted by atomic mass is 10.1. The van der Waals surface area contributed by atoms with E-state index in [2.05, 4.69) is 15.1 Å². The Bertz CT molecular complexity index is 1220. The Morgan fingerprint density at radius 1 is 1.13 bits per heavy atom. The van der Waals surface area contributed by atoms with E-state index in [0.717, 1.165) is 10.8 Å². The van der Waals surface area contributed by atoms with Crippen LogP contribution in [0.4, 0.5) is 0 Å². The van der Waals surface area contributed by atoms with Crippen LogP contribution in [0.5, 0.6) is 11.6 Å². The molecule has 4 rings (SSSR count). The summed E-state index contributed by atoms with van der Waals surface area (Å²) in [5, 5.41) is 6.93. The van der Waals surface area contributed by atoms with Crippen molar-refractivity contribution in [3.05, 3.63) is 66.0 Å². The van der Waals surface area contributed by atoms with E-state index in [1.807, 2.05) is 48.7 Å². The number of aromatic nitrogens is 4. The van der Waals surface area contributed by atoms with E-state index in [-0.39, 0.29) is 0 Å². The Balaban J connectivity index is 1.74. The van der Waals surface area contributed by atoms with Crippen LogP contribution >= 0.6 is 11.8 Å². The summed E-state index contributed by atoms with van der Waals surface area (Å²) in [5.74, 6) is 1.20. The van der Waals surface area contributed by atoms with E-state index in [9.17, 15) is 4.79 Å². The number of hydrogen-bond donors (Lipinski definition) is 0. The normalized spacial score (nSPS) is 10.9.